The van der Waals surface area contributed by atoms with Crippen LogP contribution in [0.2, 0.25) is 0 Å². The van der Waals surface area contributed by atoms with Gasteiger partial charge in [-0.25, -0.2) is 0 Å². The van der Waals surface area contributed by atoms with Crippen molar-refractivity contribution in [2.45, 2.75) is 71.3 Å². The third kappa shape index (κ3) is 2.45. The Morgan fingerprint density at radius 2 is 1.85 bits per heavy atom. The minimum atomic E-state index is 0.220. The molecule has 1 unspecified atom stereocenters. The van der Waals surface area contributed by atoms with Crippen molar-refractivity contribution in [3.05, 3.63) is 53.7 Å². The molecule has 0 spiro atoms. The minimum Gasteiger partial charge on any atom is -0.194 e. The molecule has 26 heavy (non-hydrogen) atoms. The summed E-state index contributed by atoms with van der Waals surface area (Å²) in [7, 11) is 0. The molecule has 0 N–H and O–H groups in total. The molecular formula is C24H30NS+. The molecule has 3 aromatic rings. The Bertz CT molecular complexity index is 933. The molecule has 2 heteroatoms. The molecule has 1 nitrogen and oxygen atoms in total. The van der Waals surface area contributed by atoms with Crippen LogP contribution in [0, 0.1) is 0 Å². The van der Waals surface area contributed by atoms with E-state index in [1.165, 1.54) is 58.3 Å². The molecular weight excluding hydrogens is 334 g/mol. The number of pyridine rings is 1. The van der Waals surface area contributed by atoms with Gasteiger partial charge in [0.1, 0.15) is 4.88 Å². The number of nitrogens with zero attached hydrogens (tertiary/aromatic N) is 1. The van der Waals surface area contributed by atoms with E-state index in [1.807, 2.05) is 11.3 Å². The predicted octanol–water partition coefficient (Wildman–Crippen LogP) is 6.83. The van der Waals surface area contributed by atoms with Crippen LogP contribution in [-0.2, 0) is 11.8 Å². The molecule has 3 heterocycles. The van der Waals surface area contributed by atoms with E-state index in [-0.39, 0.29) is 5.41 Å². The van der Waals surface area contributed by atoms with E-state index < -0.39 is 0 Å². The predicted molar refractivity (Wildman–Crippen MR) is 113 cm³/mol. The Labute approximate surface area is 161 Å². The summed E-state index contributed by atoms with van der Waals surface area (Å²) in [5, 5.41) is 1.48. The normalized spacial score (nSPS) is 17.9. The molecule has 4 rings (SSSR count). The summed E-state index contributed by atoms with van der Waals surface area (Å²) in [6.45, 7) is 9.45. The van der Waals surface area contributed by atoms with Crippen molar-refractivity contribution in [3.8, 4) is 10.6 Å². The third-order valence-electron chi connectivity index (χ3n) is 6.67. The van der Waals surface area contributed by atoms with E-state index in [0.717, 1.165) is 0 Å². The van der Waals surface area contributed by atoms with Gasteiger partial charge in [-0.2, -0.15) is 4.57 Å². The monoisotopic (exact) mass is 364 g/mol. The van der Waals surface area contributed by atoms with Gasteiger partial charge in [0.05, 0.1) is 5.41 Å². The van der Waals surface area contributed by atoms with Gasteiger partial charge >= 0.3 is 0 Å². The number of unbranched alkanes of at least 4 members (excludes halogenated alkanes) is 1. The van der Waals surface area contributed by atoms with Crippen LogP contribution in [0.3, 0.4) is 0 Å². The Kier molecular flexibility index (Phi) is 4.64. The standard InChI is InChI=1S/C24H30NS/c1-5-8-11-18-14-15-25-17(4)24(6-2,7-3)22-19-12-9-10-13-21(19)26-23(22)20(25)16-18/h9-10,12-17H,5-8,11H2,1-4H3/q+1. The van der Waals surface area contributed by atoms with Crippen LogP contribution in [-0.4, -0.2) is 0 Å². The van der Waals surface area contributed by atoms with Gasteiger partial charge in [0.25, 0.3) is 0 Å². The topological polar surface area (TPSA) is 3.88 Å². The largest absolute Gasteiger partial charge is 0.223 e. The van der Waals surface area contributed by atoms with Crippen molar-refractivity contribution in [1.29, 1.82) is 0 Å². The van der Waals surface area contributed by atoms with Crippen LogP contribution in [0.5, 0.6) is 0 Å². The summed E-state index contributed by atoms with van der Waals surface area (Å²) in [5.74, 6) is 0. The first-order chi connectivity index (χ1) is 12.7. The maximum Gasteiger partial charge on any atom is 0.223 e. The molecule has 0 aliphatic carbocycles. The number of rotatable bonds is 5. The van der Waals surface area contributed by atoms with Crippen molar-refractivity contribution >= 4 is 21.4 Å². The highest BCUT2D eigenvalue weighted by Gasteiger charge is 2.49. The Morgan fingerprint density at radius 1 is 1.08 bits per heavy atom. The first kappa shape index (κ1) is 17.7. The summed E-state index contributed by atoms with van der Waals surface area (Å²) in [5.41, 5.74) is 4.75. The fourth-order valence-electron chi connectivity index (χ4n) is 5.00. The highest BCUT2D eigenvalue weighted by Crippen LogP contribution is 2.53. The van der Waals surface area contributed by atoms with E-state index in [9.17, 15) is 0 Å². The van der Waals surface area contributed by atoms with Gasteiger partial charge in [0, 0.05) is 16.8 Å². The lowest BCUT2D eigenvalue weighted by molar-refractivity contribution is -0.721. The van der Waals surface area contributed by atoms with Crippen LogP contribution < -0.4 is 4.57 Å². The molecule has 0 saturated carbocycles. The van der Waals surface area contributed by atoms with Crippen molar-refractivity contribution in [2.24, 2.45) is 0 Å². The van der Waals surface area contributed by atoms with Crippen molar-refractivity contribution in [2.75, 3.05) is 0 Å². The summed E-state index contributed by atoms with van der Waals surface area (Å²) < 4.78 is 3.99. The molecule has 1 aliphatic rings. The van der Waals surface area contributed by atoms with E-state index in [0.29, 0.717) is 6.04 Å². The first-order valence-corrected chi connectivity index (χ1v) is 11.0. The van der Waals surface area contributed by atoms with Gasteiger partial charge in [-0.15, -0.1) is 11.3 Å². The summed E-state index contributed by atoms with van der Waals surface area (Å²) in [4.78, 5) is 1.51. The highest BCUT2D eigenvalue weighted by molar-refractivity contribution is 7.22. The lowest BCUT2D eigenvalue weighted by atomic mass is 9.67. The molecule has 0 fully saturated rings. The number of fused-ring (bicyclic) bond motifs is 5. The number of hydrogen-bond donors (Lipinski definition) is 0. The molecule has 0 bridgehead atoms. The van der Waals surface area contributed by atoms with E-state index >= 15 is 0 Å². The van der Waals surface area contributed by atoms with E-state index in [1.54, 1.807) is 5.56 Å². The maximum absolute atomic E-state index is 2.56. The Balaban J connectivity index is 2.01. The molecule has 1 atom stereocenters. The molecule has 0 amide bonds. The number of thiophene rings is 1. The summed E-state index contributed by atoms with van der Waals surface area (Å²) in [6.07, 6.45) is 8.44. The second-order valence-electron chi connectivity index (χ2n) is 7.77. The fourth-order valence-corrected chi connectivity index (χ4v) is 6.33. The average molecular weight is 365 g/mol. The van der Waals surface area contributed by atoms with E-state index in [2.05, 4.69) is 74.9 Å². The third-order valence-corrected chi connectivity index (χ3v) is 7.87. The van der Waals surface area contributed by atoms with Crippen molar-refractivity contribution < 1.29 is 4.57 Å². The van der Waals surface area contributed by atoms with Gasteiger partial charge < -0.3 is 0 Å². The zero-order valence-corrected chi connectivity index (χ0v) is 17.3. The van der Waals surface area contributed by atoms with Gasteiger partial charge in [0.2, 0.25) is 5.69 Å². The van der Waals surface area contributed by atoms with E-state index in [4.69, 9.17) is 0 Å². The van der Waals surface area contributed by atoms with Gasteiger partial charge in [-0.05, 0) is 55.2 Å². The fraction of sp³-hybridized carbons (Fsp3) is 0.458. The van der Waals surface area contributed by atoms with Crippen LogP contribution >= 0.6 is 11.3 Å². The summed E-state index contributed by atoms with van der Waals surface area (Å²) in [6, 6.07) is 14.3. The van der Waals surface area contributed by atoms with Gasteiger partial charge in [0.15, 0.2) is 12.2 Å². The number of aryl methyl sites for hydroxylation is 1. The maximum atomic E-state index is 2.56. The molecule has 1 aromatic carbocycles. The SMILES string of the molecule is CCCCc1cc[n+]2c(c1)-c1sc3ccccc3c1C(CC)(CC)C2C. The van der Waals surface area contributed by atoms with Crippen molar-refractivity contribution in [3.63, 3.8) is 0 Å². The zero-order chi connectivity index (χ0) is 18.3. The Hall–Kier alpha value is -1.67. The minimum absolute atomic E-state index is 0.220. The van der Waals surface area contributed by atoms with Crippen LogP contribution in [0.25, 0.3) is 20.7 Å². The number of hydrogen-bond acceptors (Lipinski definition) is 1. The molecule has 2 aromatic heterocycles. The second-order valence-corrected chi connectivity index (χ2v) is 8.82. The highest BCUT2D eigenvalue weighted by atomic mass is 32.1. The van der Waals surface area contributed by atoms with Crippen LogP contribution in [0.4, 0.5) is 0 Å². The van der Waals surface area contributed by atoms with Crippen LogP contribution in [0.1, 0.15) is 70.5 Å². The summed E-state index contributed by atoms with van der Waals surface area (Å²) >= 11 is 1.99. The zero-order valence-electron chi connectivity index (χ0n) is 16.5. The number of benzene rings is 1. The lowest BCUT2D eigenvalue weighted by Gasteiger charge is -2.38. The van der Waals surface area contributed by atoms with Crippen LogP contribution in [0.15, 0.2) is 42.6 Å². The second kappa shape index (κ2) is 6.81. The van der Waals surface area contributed by atoms with Crippen molar-refractivity contribution in [1.82, 2.24) is 0 Å². The Morgan fingerprint density at radius 3 is 2.58 bits per heavy atom. The quantitative estimate of drug-likeness (QED) is 0.437. The van der Waals surface area contributed by atoms with Gasteiger partial charge in [-0.3, -0.25) is 0 Å². The molecule has 1 aliphatic heterocycles. The lowest BCUT2D eigenvalue weighted by Crippen LogP contribution is -2.53. The first-order valence-electron chi connectivity index (χ1n) is 10.2. The number of aromatic nitrogens is 1. The average Bonchev–Trinajstić information content (AvgIpc) is 3.08. The molecule has 0 radical (unpaired) electrons. The van der Waals surface area contributed by atoms with Gasteiger partial charge in [-0.1, -0.05) is 45.4 Å². The smallest absolute Gasteiger partial charge is 0.194 e. The molecule has 136 valence electrons. The molecule has 0 saturated heterocycles.